The van der Waals surface area contributed by atoms with Gasteiger partial charge in [0.2, 0.25) is 17.6 Å². The molecule has 46 heavy (non-hydrogen) atoms. The Hall–Kier alpha value is -4.93. The maximum Gasteiger partial charge on any atom is 0.362 e. The van der Waals surface area contributed by atoms with E-state index in [1.807, 2.05) is 16.4 Å². The molecule has 1 saturated heterocycles. The summed E-state index contributed by atoms with van der Waals surface area (Å²) in [6.07, 6.45) is 4.29. The first-order chi connectivity index (χ1) is 21.5. The molecule has 20 nitrogen and oxygen atoms in total. The van der Waals surface area contributed by atoms with E-state index >= 15 is 0 Å². The lowest BCUT2D eigenvalue weighted by molar-refractivity contribution is -0.753. The molecule has 1 fully saturated rings. The molecule has 0 radical (unpaired) electrons. The first-order valence-corrected chi connectivity index (χ1v) is 15.6. The third-order valence-electron chi connectivity index (χ3n) is 6.68. The predicted molar refractivity (Wildman–Crippen MR) is 157 cm³/mol. The van der Waals surface area contributed by atoms with Crippen molar-refractivity contribution in [2.45, 2.75) is 44.5 Å². The van der Waals surface area contributed by atoms with Gasteiger partial charge in [0, 0.05) is 18.0 Å². The molecule has 0 aliphatic carbocycles. The zero-order valence-electron chi connectivity index (χ0n) is 24.6. The zero-order valence-corrected chi connectivity index (χ0v) is 26.2. The lowest BCUT2D eigenvalue weighted by Gasteiger charge is -2.44. The Balaban J connectivity index is 1.50. The van der Waals surface area contributed by atoms with Crippen molar-refractivity contribution in [1.29, 1.82) is 0 Å². The molecular weight excluding hydrogens is 652 g/mol. The molecule has 3 amide bonds. The number of hydrogen-bond donors (Lipinski definition) is 6. The molecule has 1 aliphatic heterocycles. The van der Waals surface area contributed by atoms with E-state index in [1.54, 1.807) is 12.4 Å². The van der Waals surface area contributed by atoms with Gasteiger partial charge in [0.15, 0.2) is 17.9 Å². The number of β-lactam (4-membered cyclic amide) rings is 1. The van der Waals surface area contributed by atoms with E-state index in [0.29, 0.717) is 24.3 Å². The van der Waals surface area contributed by atoms with Gasteiger partial charge in [0.05, 0.1) is 24.3 Å². The van der Waals surface area contributed by atoms with Crippen molar-refractivity contribution in [3.63, 3.8) is 0 Å². The van der Waals surface area contributed by atoms with Crippen LogP contribution in [0.5, 0.6) is 0 Å². The average Bonchev–Trinajstić information content (AvgIpc) is 3.72. The third kappa shape index (κ3) is 7.30. The fourth-order valence-electron chi connectivity index (χ4n) is 4.14. The highest BCUT2D eigenvalue weighted by atomic mass is 32.2. The van der Waals surface area contributed by atoms with Gasteiger partial charge in [-0.15, -0.1) is 16.0 Å². The number of carboxylic acid groups (broad SMARTS) is 1. The molecule has 0 spiro atoms. The van der Waals surface area contributed by atoms with Crippen molar-refractivity contribution in [3.8, 4) is 11.3 Å². The molecule has 3 aromatic heterocycles. The number of nitrogens with one attached hydrogen (secondary N) is 2. The average molecular weight is 684 g/mol. The third-order valence-corrected chi connectivity index (χ3v) is 8.30. The monoisotopic (exact) mass is 683 g/mol. The van der Waals surface area contributed by atoms with Gasteiger partial charge in [-0.05, 0) is 26.8 Å². The van der Waals surface area contributed by atoms with Crippen LogP contribution in [0, 0.1) is 0 Å². The van der Waals surface area contributed by atoms with Crippen molar-refractivity contribution in [3.05, 3.63) is 35.3 Å². The number of aryl methyl sites for hydroxylation is 2. The second-order valence-corrected chi connectivity index (χ2v) is 12.6. The summed E-state index contributed by atoms with van der Waals surface area (Å²) in [5.74, 6) is -4.84. The summed E-state index contributed by atoms with van der Waals surface area (Å²) in [6.45, 7) is 2.91. The van der Waals surface area contributed by atoms with Crippen LogP contribution in [0.3, 0.4) is 0 Å². The molecule has 3 aromatic rings. The van der Waals surface area contributed by atoms with Gasteiger partial charge in [-0.2, -0.15) is 13.1 Å². The van der Waals surface area contributed by atoms with Gasteiger partial charge >= 0.3 is 16.3 Å². The summed E-state index contributed by atoms with van der Waals surface area (Å²) in [4.78, 5) is 59.2. The minimum absolute atomic E-state index is 0.0273. The second-order valence-electron chi connectivity index (χ2n) is 10.4. The molecule has 0 saturated carbocycles. The number of hydrogen-bond acceptors (Lipinski definition) is 14. The topological polar surface area (TPSA) is 292 Å². The van der Waals surface area contributed by atoms with Gasteiger partial charge in [-0.1, -0.05) is 10.3 Å². The van der Waals surface area contributed by atoms with E-state index in [1.165, 1.54) is 25.3 Å². The number of aliphatic carboxylic acids is 1. The van der Waals surface area contributed by atoms with Crippen LogP contribution in [0.4, 0.5) is 5.13 Å². The number of amides is 3. The number of thiazole rings is 1. The maximum atomic E-state index is 13.2. The van der Waals surface area contributed by atoms with Gasteiger partial charge in [-0.3, -0.25) is 18.9 Å². The highest BCUT2D eigenvalue weighted by Gasteiger charge is 2.54. The molecule has 248 valence electrons. The van der Waals surface area contributed by atoms with Crippen LogP contribution in [0.1, 0.15) is 36.5 Å². The normalized spacial score (nSPS) is 17.0. The van der Waals surface area contributed by atoms with Crippen molar-refractivity contribution >= 4 is 56.2 Å². The number of carboxylic acids is 1. The number of nitrogen functional groups attached to an aromatic ring is 1. The number of oxime groups is 1. The minimum atomic E-state index is -5.11. The molecule has 1 aliphatic rings. The highest BCUT2D eigenvalue weighted by molar-refractivity contribution is 7.84. The van der Waals surface area contributed by atoms with Crippen LogP contribution in [0.15, 0.2) is 33.5 Å². The summed E-state index contributed by atoms with van der Waals surface area (Å²) in [5, 5.41) is 22.8. The molecule has 0 aromatic carbocycles. The largest absolute Gasteiger partial charge is 0.478 e. The quantitative estimate of drug-likeness (QED) is 0.0348. The minimum Gasteiger partial charge on any atom is -0.478 e. The zero-order chi connectivity index (χ0) is 34.0. The summed E-state index contributed by atoms with van der Waals surface area (Å²) in [7, 11) is -3.29. The van der Waals surface area contributed by atoms with Gasteiger partial charge in [0.1, 0.15) is 17.4 Å². The summed E-state index contributed by atoms with van der Waals surface area (Å²) < 4.78 is 42.4. The second kappa shape index (κ2) is 13.2. The van der Waals surface area contributed by atoms with Crippen molar-refractivity contribution in [2.75, 3.05) is 18.8 Å². The Bertz CT molecular complexity index is 1800. The first kappa shape index (κ1) is 34.0. The fraction of sp³-hybridized carbons (Fsp3) is 0.417. The molecular formula is C24H31N10O10S2+. The number of carbonyl (C=O) groups excluding carboxylic acids is 3. The Morgan fingerprint density at radius 1 is 1.33 bits per heavy atom. The van der Waals surface area contributed by atoms with Crippen LogP contribution in [0.2, 0.25) is 0 Å². The van der Waals surface area contributed by atoms with E-state index in [4.69, 9.17) is 20.8 Å². The molecule has 4 rings (SSSR count). The maximum absolute atomic E-state index is 13.2. The van der Waals surface area contributed by atoms with E-state index in [0.717, 1.165) is 17.8 Å². The van der Waals surface area contributed by atoms with Crippen LogP contribution in [-0.4, -0.2) is 97.4 Å². The predicted octanol–water partition coefficient (Wildman–Crippen LogP) is -2.13. The Morgan fingerprint density at radius 2 is 2.04 bits per heavy atom. The van der Waals surface area contributed by atoms with Crippen LogP contribution < -0.4 is 26.8 Å². The highest BCUT2D eigenvalue weighted by Crippen LogP contribution is 2.24. The molecule has 0 unspecified atom stereocenters. The van der Waals surface area contributed by atoms with Gasteiger partial charge in [0.25, 0.3) is 17.7 Å². The number of aromatic nitrogens is 4. The number of nitrogens with two attached hydrogens (primary N) is 2. The lowest BCUT2D eigenvalue weighted by atomic mass is 9.98. The van der Waals surface area contributed by atoms with E-state index in [2.05, 4.69) is 25.9 Å². The molecule has 22 heteroatoms. The number of rotatable bonds is 14. The molecule has 2 atom stereocenters. The van der Waals surface area contributed by atoms with E-state index in [9.17, 15) is 37.3 Å². The smallest absolute Gasteiger partial charge is 0.362 e. The Morgan fingerprint density at radius 3 is 2.65 bits per heavy atom. The number of carbonyl (C=O) groups is 4. The number of anilines is 1. The molecule has 4 heterocycles. The standard InChI is InChI=1S/C24H30N10O10S2/c1-24(2,22(38)39)44-31-17(14-11-45-23(26)28-14)20(36)29-18-15(34(21(18)37)46(40,41)42)8-27-19(35)16-7-13(30-43-16)12-9-32(3)33(10-12)6-4-5-25/h7,9-11,15,18H,4-6,8,25H2,1-3H3,(H5-,26,27,28,29,35,36,38,39,40,41,42)/p+1/b31-17-/t15-,18+/m1/s1. The van der Waals surface area contributed by atoms with Crippen LogP contribution >= 0.6 is 11.3 Å². The van der Waals surface area contributed by atoms with Crippen LogP contribution in [-0.2, 0) is 43.1 Å². The van der Waals surface area contributed by atoms with Crippen LogP contribution in [0.25, 0.3) is 11.3 Å². The summed E-state index contributed by atoms with van der Waals surface area (Å²) in [5.41, 5.74) is 9.60. The summed E-state index contributed by atoms with van der Waals surface area (Å²) in [6, 6.07) is -1.74. The number of nitrogens with zero attached hydrogens (tertiary/aromatic N) is 6. The fourth-order valence-corrected chi connectivity index (χ4v) is 5.57. The van der Waals surface area contributed by atoms with E-state index in [-0.39, 0.29) is 20.9 Å². The van der Waals surface area contributed by atoms with Crippen molar-refractivity contribution in [1.82, 2.24) is 29.8 Å². The van der Waals surface area contributed by atoms with Crippen molar-refractivity contribution < 1.29 is 51.3 Å². The molecule has 8 N–H and O–H groups in total. The first-order valence-electron chi connectivity index (χ1n) is 13.4. The molecule has 0 bridgehead atoms. The Kier molecular flexibility index (Phi) is 9.74. The van der Waals surface area contributed by atoms with Crippen molar-refractivity contribution in [2.24, 2.45) is 17.9 Å². The van der Waals surface area contributed by atoms with Gasteiger partial charge in [-0.25, -0.2) is 14.1 Å². The summed E-state index contributed by atoms with van der Waals surface area (Å²) >= 11 is 0.926. The lowest BCUT2D eigenvalue weighted by Crippen LogP contribution is -2.74. The van der Waals surface area contributed by atoms with E-state index < -0.39 is 63.9 Å². The van der Waals surface area contributed by atoms with Gasteiger partial charge < -0.3 is 36.6 Å². The SMILES string of the molecule is C[n+]1cc(-c2cc(C(=O)NC[C@@H]3[C@H](NC(=O)/C(=N\OC(C)(C)C(=O)O)c4csc(N)n4)C(=O)N3S(=O)(=O)O)on2)cn1CCCN. The Labute approximate surface area is 264 Å².